The summed E-state index contributed by atoms with van der Waals surface area (Å²) < 4.78 is 0. The minimum atomic E-state index is -0.370. The second-order valence-electron chi connectivity index (χ2n) is 6.36. The molecule has 0 saturated carbocycles. The first-order valence-electron chi connectivity index (χ1n) is 8.49. The van der Waals surface area contributed by atoms with Gasteiger partial charge in [0, 0.05) is 25.1 Å². The molecule has 0 spiro atoms. The summed E-state index contributed by atoms with van der Waals surface area (Å²) in [6.45, 7) is 6.50. The van der Waals surface area contributed by atoms with Gasteiger partial charge in [-0.1, -0.05) is 30.4 Å². The summed E-state index contributed by atoms with van der Waals surface area (Å²) in [6, 6.07) is 5.89. The van der Waals surface area contributed by atoms with E-state index in [2.05, 4.69) is 22.4 Å². The maximum Gasteiger partial charge on any atom is 0.231 e. The van der Waals surface area contributed by atoms with Crippen molar-refractivity contribution in [2.75, 3.05) is 16.8 Å². The maximum atomic E-state index is 12.5. The van der Waals surface area contributed by atoms with Crippen LogP contribution < -0.4 is 10.2 Å². The Morgan fingerprint density at radius 1 is 1.36 bits per heavy atom. The van der Waals surface area contributed by atoms with Gasteiger partial charge < -0.3 is 10.2 Å². The van der Waals surface area contributed by atoms with Crippen LogP contribution in [0.4, 0.5) is 10.8 Å². The number of nitrogens with one attached hydrogen (secondary N) is 1. The lowest BCUT2D eigenvalue weighted by Crippen LogP contribution is -2.28. The molecule has 6 nitrogen and oxygen atoms in total. The Hall–Kier alpha value is -2.28. The molecule has 1 saturated heterocycles. The molecule has 25 heavy (non-hydrogen) atoms. The lowest BCUT2D eigenvalue weighted by Gasteiger charge is -2.20. The first kappa shape index (κ1) is 17.5. The molecular formula is C18H22N4O2S. The van der Waals surface area contributed by atoms with Crippen molar-refractivity contribution in [3.63, 3.8) is 0 Å². The molecule has 1 fully saturated rings. The first-order valence-corrected chi connectivity index (χ1v) is 9.31. The minimum absolute atomic E-state index is 0.0159. The van der Waals surface area contributed by atoms with Crippen LogP contribution in [0.25, 0.3) is 0 Å². The number of amides is 2. The molecule has 0 bridgehead atoms. The third kappa shape index (κ3) is 3.71. The van der Waals surface area contributed by atoms with E-state index in [9.17, 15) is 9.59 Å². The normalized spacial score (nSPS) is 17.2. The van der Waals surface area contributed by atoms with E-state index in [4.69, 9.17) is 0 Å². The van der Waals surface area contributed by atoms with E-state index in [-0.39, 0.29) is 24.2 Å². The second kappa shape index (κ2) is 7.31. The summed E-state index contributed by atoms with van der Waals surface area (Å²) in [4.78, 5) is 26.6. The van der Waals surface area contributed by atoms with E-state index < -0.39 is 0 Å². The fraction of sp³-hybridized carbons (Fsp3) is 0.444. The Balaban J connectivity index is 1.69. The van der Waals surface area contributed by atoms with Crippen molar-refractivity contribution >= 4 is 34.0 Å². The topological polar surface area (TPSA) is 75.2 Å². The van der Waals surface area contributed by atoms with Gasteiger partial charge in [0.2, 0.25) is 16.9 Å². The van der Waals surface area contributed by atoms with Gasteiger partial charge in [-0.05, 0) is 37.5 Å². The molecular weight excluding hydrogens is 336 g/mol. The number of aryl methyl sites for hydroxylation is 2. The van der Waals surface area contributed by atoms with E-state index in [0.29, 0.717) is 11.7 Å². The summed E-state index contributed by atoms with van der Waals surface area (Å²) >= 11 is 1.39. The number of hydrogen-bond acceptors (Lipinski definition) is 5. The lowest BCUT2D eigenvalue weighted by atomic mass is 10.1. The molecule has 1 aliphatic rings. The quantitative estimate of drug-likeness (QED) is 0.891. The summed E-state index contributed by atoms with van der Waals surface area (Å²) in [5.41, 5.74) is 3.10. The van der Waals surface area contributed by atoms with Crippen LogP contribution in [0.15, 0.2) is 18.2 Å². The second-order valence-corrected chi connectivity index (χ2v) is 7.43. The van der Waals surface area contributed by atoms with Crippen LogP contribution in [-0.4, -0.2) is 28.6 Å². The van der Waals surface area contributed by atoms with Crippen molar-refractivity contribution in [2.45, 2.75) is 40.0 Å². The van der Waals surface area contributed by atoms with E-state index in [1.165, 1.54) is 11.3 Å². The third-order valence-corrected chi connectivity index (χ3v) is 5.42. The summed E-state index contributed by atoms with van der Waals surface area (Å²) in [7, 11) is 0. The number of nitrogens with zero attached hydrogens (tertiary/aromatic N) is 3. The largest absolute Gasteiger partial charge is 0.311 e. The fourth-order valence-electron chi connectivity index (χ4n) is 2.97. The number of anilines is 2. The zero-order valence-electron chi connectivity index (χ0n) is 14.7. The van der Waals surface area contributed by atoms with Crippen molar-refractivity contribution in [1.82, 2.24) is 10.2 Å². The van der Waals surface area contributed by atoms with Crippen LogP contribution in [0, 0.1) is 19.8 Å². The standard InChI is InChI=1S/C18H22N4O2S/c1-4-6-15-20-21-18(25-15)19-17(24)13-9-16(23)22(10-13)14-8-5-7-11(2)12(14)3/h5,7-8,13H,4,6,9-10H2,1-3H3,(H,19,21,24)/t13-/m1/s1. The molecule has 2 amide bonds. The van der Waals surface area contributed by atoms with Gasteiger partial charge in [0.1, 0.15) is 5.01 Å². The molecule has 2 heterocycles. The SMILES string of the molecule is CCCc1nnc(NC(=O)[C@@H]2CC(=O)N(c3cccc(C)c3C)C2)s1. The van der Waals surface area contributed by atoms with Crippen molar-refractivity contribution in [3.8, 4) is 0 Å². The zero-order valence-corrected chi connectivity index (χ0v) is 15.5. The van der Waals surface area contributed by atoms with Gasteiger partial charge in [0.05, 0.1) is 5.92 Å². The number of rotatable bonds is 5. The molecule has 7 heteroatoms. The highest BCUT2D eigenvalue weighted by atomic mass is 32.1. The van der Waals surface area contributed by atoms with Crippen LogP contribution in [0.1, 0.15) is 35.9 Å². The molecule has 3 rings (SSSR count). The summed E-state index contributed by atoms with van der Waals surface area (Å²) in [5, 5.41) is 12.3. The van der Waals surface area contributed by atoms with Crippen molar-refractivity contribution in [1.29, 1.82) is 0 Å². The summed E-state index contributed by atoms with van der Waals surface area (Å²) in [5.74, 6) is -0.552. The highest BCUT2D eigenvalue weighted by Gasteiger charge is 2.36. The smallest absolute Gasteiger partial charge is 0.231 e. The van der Waals surface area contributed by atoms with Gasteiger partial charge >= 0.3 is 0 Å². The van der Waals surface area contributed by atoms with Gasteiger partial charge in [-0.15, -0.1) is 10.2 Å². The first-order chi connectivity index (χ1) is 12.0. The average Bonchev–Trinajstić information content (AvgIpc) is 3.17. The van der Waals surface area contributed by atoms with Gasteiger partial charge in [0.25, 0.3) is 0 Å². The minimum Gasteiger partial charge on any atom is -0.311 e. The van der Waals surface area contributed by atoms with Crippen LogP contribution in [-0.2, 0) is 16.0 Å². The summed E-state index contributed by atoms with van der Waals surface area (Å²) in [6.07, 6.45) is 2.07. The average molecular weight is 358 g/mol. The predicted octanol–water partition coefficient (Wildman–Crippen LogP) is 3.10. The third-order valence-electron chi connectivity index (χ3n) is 4.52. The van der Waals surface area contributed by atoms with Crippen LogP contribution in [0.3, 0.4) is 0 Å². The van der Waals surface area contributed by atoms with Crippen LogP contribution >= 0.6 is 11.3 Å². The van der Waals surface area contributed by atoms with Crippen molar-refractivity contribution in [2.24, 2.45) is 5.92 Å². The molecule has 0 radical (unpaired) electrons. The van der Waals surface area contributed by atoms with Crippen LogP contribution in [0.2, 0.25) is 0 Å². The Labute approximate surface area is 151 Å². The molecule has 1 N–H and O–H groups in total. The van der Waals surface area contributed by atoms with E-state index in [1.54, 1.807) is 4.90 Å². The lowest BCUT2D eigenvalue weighted by molar-refractivity contribution is -0.122. The number of benzene rings is 1. The highest BCUT2D eigenvalue weighted by Crippen LogP contribution is 2.30. The molecule has 2 aromatic rings. The Morgan fingerprint density at radius 3 is 2.92 bits per heavy atom. The molecule has 0 aliphatic carbocycles. The molecule has 1 aliphatic heterocycles. The maximum absolute atomic E-state index is 12.5. The van der Waals surface area contributed by atoms with Gasteiger partial charge in [-0.25, -0.2) is 0 Å². The molecule has 1 aromatic heterocycles. The van der Waals surface area contributed by atoms with Gasteiger partial charge in [-0.3, -0.25) is 9.59 Å². The highest BCUT2D eigenvalue weighted by molar-refractivity contribution is 7.15. The number of carbonyl (C=O) groups excluding carboxylic acids is 2. The van der Waals surface area contributed by atoms with Crippen LogP contribution in [0.5, 0.6) is 0 Å². The Kier molecular flexibility index (Phi) is 5.13. The number of aromatic nitrogens is 2. The monoisotopic (exact) mass is 358 g/mol. The van der Waals surface area contributed by atoms with Crippen molar-refractivity contribution < 1.29 is 9.59 Å². The van der Waals surface area contributed by atoms with Crippen molar-refractivity contribution in [3.05, 3.63) is 34.3 Å². The molecule has 132 valence electrons. The van der Waals surface area contributed by atoms with Gasteiger partial charge in [-0.2, -0.15) is 0 Å². The molecule has 1 atom stereocenters. The van der Waals surface area contributed by atoms with E-state index >= 15 is 0 Å². The Morgan fingerprint density at radius 2 is 2.16 bits per heavy atom. The van der Waals surface area contributed by atoms with E-state index in [0.717, 1.165) is 34.7 Å². The van der Waals surface area contributed by atoms with E-state index in [1.807, 2.05) is 32.0 Å². The number of carbonyl (C=O) groups is 2. The van der Waals surface area contributed by atoms with Gasteiger partial charge in [0.15, 0.2) is 0 Å². The predicted molar refractivity (Wildman–Crippen MR) is 98.9 cm³/mol. The zero-order chi connectivity index (χ0) is 18.0. The molecule has 1 aromatic carbocycles. The number of hydrogen-bond donors (Lipinski definition) is 1. The molecule has 0 unspecified atom stereocenters. The fourth-order valence-corrected chi connectivity index (χ4v) is 3.81. The Bertz CT molecular complexity index is 802.